The predicted octanol–water partition coefficient (Wildman–Crippen LogP) is 8.81. The Morgan fingerprint density at radius 3 is 1.74 bits per heavy atom. The number of ketones is 1. The van der Waals surface area contributed by atoms with Crippen molar-refractivity contribution in [3.05, 3.63) is 44.3 Å². The molecule has 1 aliphatic rings. The Morgan fingerprint density at radius 1 is 0.846 bits per heavy atom. The van der Waals surface area contributed by atoms with Gasteiger partial charge in [0.15, 0.2) is 0 Å². The molecule has 6 nitrogen and oxygen atoms in total. The fourth-order valence-electron chi connectivity index (χ4n) is 4.17. The maximum Gasteiger partial charge on any atom is 0.314 e. The third-order valence-corrected chi connectivity index (χ3v) is 10.1. The van der Waals surface area contributed by atoms with Crippen molar-refractivity contribution in [3.8, 4) is 17.6 Å². The molecule has 2 heterocycles. The van der Waals surface area contributed by atoms with E-state index in [-0.39, 0.29) is 35.1 Å². The minimum absolute atomic E-state index is 0.0157. The first-order valence-electron chi connectivity index (χ1n) is 13.6. The monoisotopic (exact) mass is 585 g/mol. The van der Waals surface area contributed by atoms with E-state index in [2.05, 4.69) is 19.9 Å². The van der Waals surface area contributed by atoms with E-state index in [0.29, 0.717) is 43.2 Å². The van der Waals surface area contributed by atoms with Crippen molar-refractivity contribution in [1.29, 1.82) is 5.26 Å². The summed E-state index contributed by atoms with van der Waals surface area (Å²) < 4.78 is 12.2. The molecule has 1 aliphatic heterocycles. The SMILES string of the molecule is CCCCC(CC)C(=O)Oc1ccc(OC(=O)C(CC)CCCC)c2c1SC(=C(C#N)C(=O)c1cccs1)S2. The third-order valence-electron chi connectivity index (χ3n) is 6.60. The number of unbranched alkanes of at least 4 members (excludes halogenated alkanes) is 2. The number of hydrogen-bond acceptors (Lipinski definition) is 9. The highest BCUT2D eigenvalue weighted by molar-refractivity contribution is 8.24. The van der Waals surface area contributed by atoms with Crippen LogP contribution in [0.4, 0.5) is 0 Å². The van der Waals surface area contributed by atoms with Crippen LogP contribution in [0.5, 0.6) is 11.5 Å². The zero-order chi connectivity index (χ0) is 28.4. The first-order valence-corrected chi connectivity index (χ1v) is 16.1. The molecule has 0 fully saturated rings. The standard InChI is InChI=1S/C30H35NO5S3/c1-5-9-12-19(7-3)28(33)35-22-15-16-23(36-29(34)20(8-4)13-10-6-2)27-26(22)38-30(39-27)21(18-31)25(32)24-14-11-17-37-24/h11,14-17,19-20H,5-10,12-13H2,1-4H3. The molecular weight excluding hydrogens is 551 g/mol. The van der Waals surface area contributed by atoms with Crippen molar-refractivity contribution in [2.75, 3.05) is 0 Å². The van der Waals surface area contributed by atoms with Crippen molar-refractivity contribution < 1.29 is 23.9 Å². The van der Waals surface area contributed by atoms with Gasteiger partial charge < -0.3 is 9.47 Å². The van der Waals surface area contributed by atoms with Gasteiger partial charge in [0.1, 0.15) is 23.1 Å². The van der Waals surface area contributed by atoms with Crippen LogP contribution in [0.15, 0.2) is 49.2 Å². The summed E-state index contributed by atoms with van der Waals surface area (Å²) in [6.07, 6.45) is 6.71. The summed E-state index contributed by atoms with van der Waals surface area (Å²) >= 11 is 3.68. The molecule has 3 rings (SSSR count). The minimum atomic E-state index is -0.358. The van der Waals surface area contributed by atoms with E-state index in [0.717, 1.165) is 38.5 Å². The Kier molecular flexibility index (Phi) is 12.2. The van der Waals surface area contributed by atoms with E-state index in [1.54, 1.807) is 29.6 Å². The summed E-state index contributed by atoms with van der Waals surface area (Å²) in [7, 11) is 0. The van der Waals surface area contributed by atoms with Gasteiger partial charge in [-0.25, -0.2) is 0 Å². The molecule has 2 atom stereocenters. The number of nitrogens with zero attached hydrogens (tertiary/aromatic N) is 1. The average Bonchev–Trinajstić information content (AvgIpc) is 3.63. The molecule has 1 aromatic heterocycles. The van der Waals surface area contributed by atoms with Gasteiger partial charge in [0.25, 0.3) is 0 Å². The van der Waals surface area contributed by atoms with Crippen LogP contribution in [0.2, 0.25) is 0 Å². The van der Waals surface area contributed by atoms with Gasteiger partial charge in [0.2, 0.25) is 5.78 Å². The number of carbonyl (C=O) groups is 3. The number of allylic oxidation sites excluding steroid dienone is 1. The Hall–Kier alpha value is -2.54. The van der Waals surface area contributed by atoms with E-state index in [1.807, 2.05) is 13.8 Å². The number of carbonyl (C=O) groups excluding carboxylic acids is 3. The molecule has 9 heteroatoms. The number of rotatable bonds is 14. The van der Waals surface area contributed by atoms with E-state index < -0.39 is 0 Å². The molecule has 0 saturated carbocycles. The summed E-state index contributed by atoms with van der Waals surface area (Å²) in [4.78, 5) is 40.8. The van der Waals surface area contributed by atoms with Crippen LogP contribution in [0.1, 0.15) is 88.7 Å². The van der Waals surface area contributed by atoms with Crippen molar-refractivity contribution in [2.24, 2.45) is 11.8 Å². The van der Waals surface area contributed by atoms with Gasteiger partial charge in [-0.1, -0.05) is 83.0 Å². The molecule has 208 valence electrons. The first kappa shape index (κ1) is 31.0. The normalized spacial score (nSPS) is 13.8. The fourth-order valence-corrected chi connectivity index (χ4v) is 7.42. The van der Waals surface area contributed by atoms with Crippen molar-refractivity contribution in [3.63, 3.8) is 0 Å². The second-order valence-electron chi connectivity index (χ2n) is 9.34. The number of fused-ring (bicyclic) bond motifs is 1. The van der Waals surface area contributed by atoms with Crippen LogP contribution in [0.3, 0.4) is 0 Å². The lowest BCUT2D eigenvalue weighted by Crippen LogP contribution is -2.21. The number of ether oxygens (including phenoxy) is 2. The average molecular weight is 586 g/mol. The van der Waals surface area contributed by atoms with Crippen LogP contribution in [0, 0.1) is 23.2 Å². The van der Waals surface area contributed by atoms with Crippen molar-refractivity contribution >= 4 is 52.6 Å². The molecule has 2 unspecified atom stereocenters. The Bertz CT molecular complexity index is 1190. The van der Waals surface area contributed by atoms with Gasteiger partial charge in [-0.3, -0.25) is 14.4 Å². The number of nitriles is 1. The second kappa shape index (κ2) is 15.3. The van der Waals surface area contributed by atoms with Gasteiger partial charge in [0.05, 0.1) is 30.7 Å². The molecule has 2 aromatic rings. The van der Waals surface area contributed by atoms with E-state index in [1.165, 1.54) is 34.9 Å². The number of thiophene rings is 1. The molecule has 0 bridgehead atoms. The largest absolute Gasteiger partial charge is 0.425 e. The highest BCUT2D eigenvalue weighted by Gasteiger charge is 2.33. The van der Waals surface area contributed by atoms with Gasteiger partial charge in [0, 0.05) is 0 Å². The number of benzene rings is 1. The molecule has 39 heavy (non-hydrogen) atoms. The van der Waals surface area contributed by atoms with Crippen LogP contribution >= 0.6 is 34.9 Å². The lowest BCUT2D eigenvalue weighted by molar-refractivity contribution is -0.140. The topological polar surface area (TPSA) is 93.5 Å². The lowest BCUT2D eigenvalue weighted by Gasteiger charge is -2.17. The molecule has 0 aliphatic carbocycles. The van der Waals surface area contributed by atoms with Gasteiger partial charge in [-0.15, -0.1) is 11.3 Å². The molecule has 0 spiro atoms. The maximum atomic E-state index is 13.1. The smallest absolute Gasteiger partial charge is 0.314 e. The second-order valence-corrected chi connectivity index (χ2v) is 12.6. The molecular formula is C30H35NO5S3. The van der Waals surface area contributed by atoms with Crippen molar-refractivity contribution in [1.82, 2.24) is 0 Å². The molecule has 0 N–H and O–H groups in total. The van der Waals surface area contributed by atoms with Gasteiger partial charge >= 0.3 is 11.9 Å². The van der Waals surface area contributed by atoms with Crippen LogP contribution in [0.25, 0.3) is 0 Å². The van der Waals surface area contributed by atoms with E-state index in [4.69, 9.17) is 9.47 Å². The fraction of sp³-hybridized carbons (Fsp3) is 0.467. The lowest BCUT2D eigenvalue weighted by atomic mass is 10.00. The summed E-state index contributed by atoms with van der Waals surface area (Å²) in [5.41, 5.74) is 0.0157. The van der Waals surface area contributed by atoms with Crippen LogP contribution in [-0.4, -0.2) is 17.7 Å². The Balaban J connectivity index is 1.98. The summed E-state index contributed by atoms with van der Waals surface area (Å²) in [5.74, 6) is -0.712. The summed E-state index contributed by atoms with van der Waals surface area (Å²) in [5, 5.41) is 11.7. The Labute approximate surface area is 243 Å². The summed E-state index contributed by atoms with van der Waals surface area (Å²) in [6, 6.07) is 8.80. The number of esters is 2. The number of hydrogen-bond donors (Lipinski definition) is 0. The van der Waals surface area contributed by atoms with Crippen LogP contribution < -0.4 is 9.47 Å². The van der Waals surface area contributed by atoms with Gasteiger partial charge in [-0.05, 0) is 49.3 Å². The highest BCUT2D eigenvalue weighted by Crippen LogP contribution is 2.59. The van der Waals surface area contributed by atoms with Crippen molar-refractivity contribution in [2.45, 2.75) is 88.9 Å². The quantitative estimate of drug-likeness (QED) is 0.0714. The van der Waals surface area contributed by atoms with Crippen LogP contribution in [-0.2, 0) is 9.59 Å². The number of Topliss-reactive ketones (excluding diaryl/α,β-unsaturated/α-hetero) is 1. The third kappa shape index (κ3) is 7.77. The maximum absolute atomic E-state index is 13.1. The molecule has 0 saturated heterocycles. The highest BCUT2D eigenvalue weighted by atomic mass is 32.2. The zero-order valence-electron chi connectivity index (χ0n) is 22.9. The van der Waals surface area contributed by atoms with E-state index in [9.17, 15) is 19.6 Å². The minimum Gasteiger partial charge on any atom is -0.425 e. The molecule has 0 radical (unpaired) electrons. The Morgan fingerprint density at radius 2 is 1.36 bits per heavy atom. The van der Waals surface area contributed by atoms with Gasteiger partial charge in [-0.2, -0.15) is 5.26 Å². The molecule has 0 amide bonds. The summed E-state index contributed by atoms with van der Waals surface area (Å²) in [6.45, 7) is 8.11. The zero-order valence-corrected chi connectivity index (χ0v) is 25.4. The molecule has 1 aromatic carbocycles. The number of thioether (sulfide) groups is 2. The van der Waals surface area contributed by atoms with E-state index >= 15 is 0 Å². The predicted molar refractivity (Wildman–Crippen MR) is 157 cm³/mol. The first-order chi connectivity index (χ1) is 18.9.